The summed E-state index contributed by atoms with van der Waals surface area (Å²) in [6.45, 7) is 4.50. The number of aromatic nitrogens is 2. The van der Waals surface area contributed by atoms with Crippen LogP contribution in [0, 0.1) is 12.8 Å². The first-order valence-electron chi connectivity index (χ1n) is 9.56. The van der Waals surface area contributed by atoms with Crippen LogP contribution >= 0.6 is 0 Å². The first-order chi connectivity index (χ1) is 13.2. The molecule has 6 nitrogen and oxygen atoms in total. The summed E-state index contributed by atoms with van der Waals surface area (Å²) in [4.78, 5) is 19.3. The van der Waals surface area contributed by atoms with Gasteiger partial charge < -0.3 is 18.6 Å². The number of para-hydroxylation sites is 1. The Hall–Kier alpha value is -2.60. The number of ether oxygens (including phenoxy) is 1. The van der Waals surface area contributed by atoms with Gasteiger partial charge in [0.15, 0.2) is 5.76 Å². The second-order valence-electron chi connectivity index (χ2n) is 7.66. The van der Waals surface area contributed by atoms with Crippen LogP contribution in [0.2, 0.25) is 0 Å². The standard InChI is InChI=1S/C21H23N3O3/c1-14-18-4-2-3-5-19(18)27-20(14)21(25)23-9-16-8-22-13-24(16)17(10-23)12-26-11-15-6-7-15/h2-5,8,13,15,17H,6-7,9-12H2,1H3/t17-/m0/s1. The molecule has 140 valence electrons. The van der Waals surface area contributed by atoms with Crippen molar-refractivity contribution in [1.82, 2.24) is 14.5 Å². The van der Waals surface area contributed by atoms with E-state index in [-0.39, 0.29) is 11.9 Å². The number of carbonyl (C=O) groups excluding carboxylic acids is 1. The molecule has 1 aromatic carbocycles. The SMILES string of the molecule is Cc1c(C(=O)N2Cc3cncn3[C@H](COCC3CC3)C2)oc2ccccc12. The highest BCUT2D eigenvalue weighted by Gasteiger charge is 2.32. The maximum Gasteiger partial charge on any atom is 0.290 e. The molecule has 0 bridgehead atoms. The second-order valence-corrected chi connectivity index (χ2v) is 7.66. The van der Waals surface area contributed by atoms with Crippen LogP contribution in [0.25, 0.3) is 11.0 Å². The topological polar surface area (TPSA) is 60.5 Å². The highest BCUT2D eigenvalue weighted by Crippen LogP contribution is 2.31. The Morgan fingerprint density at radius 3 is 2.96 bits per heavy atom. The number of rotatable bonds is 5. The number of amides is 1. The molecule has 2 aliphatic rings. The Balaban J connectivity index is 1.38. The molecule has 0 N–H and O–H groups in total. The minimum atomic E-state index is -0.0663. The molecular weight excluding hydrogens is 342 g/mol. The van der Waals surface area contributed by atoms with Gasteiger partial charge in [-0.2, -0.15) is 0 Å². The monoisotopic (exact) mass is 365 g/mol. The maximum atomic E-state index is 13.2. The Bertz CT molecular complexity index is 986. The molecule has 6 heteroatoms. The molecule has 1 atom stereocenters. The first-order valence-corrected chi connectivity index (χ1v) is 9.56. The number of imidazole rings is 1. The lowest BCUT2D eigenvalue weighted by molar-refractivity contribution is 0.0478. The third-order valence-corrected chi connectivity index (χ3v) is 5.61. The van der Waals surface area contributed by atoms with E-state index in [2.05, 4.69) is 9.55 Å². The molecule has 1 amide bonds. The van der Waals surface area contributed by atoms with E-state index >= 15 is 0 Å². The van der Waals surface area contributed by atoms with Gasteiger partial charge >= 0.3 is 0 Å². The van der Waals surface area contributed by atoms with E-state index in [1.165, 1.54) is 12.8 Å². The van der Waals surface area contributed by atoms with E-state index < -0.39 is 0 Å². The fourth-order valence-corrected chi connectivity index (χ4v) is 3.85. The van der Waals surface area contributed by atoms with Crippen molar-refractivity contribution in [3.8, 4) is 0 Å². The van der Waals surface area contributed by atoms with Crippen LogP contribution in [-0.4, -0.2) is 40.1 Å². The van der Waals surface area contributed by atoms with Crippen LogP contribution in [0.1, 0.15) is 40.7 Å². The minimum absolute atomic E-state index is 0.0663. The van der Waals surface area contributed by atoms with E-state index in [1.54, 1.807) is 0 Å². The van der Waals surface area contributed by atoms with E-state index in [4.69, 9.17) is 9.15 Å². The van der Waals surface area contributed by atoms with E-state index in [0.29, 0.717) is 25.5 Å². The molecule has 1 fully saturated rings. The molecule has 0 saturated heterocycles. The normalized spacial score (nSPS) is 19.4. The van der Waals surface area contributed by atoms with Crippen molar-refractivity contribution in [2.24, 2.45) is 5.92 Å². The summed E-state index contributed by atoms with van der Waals surface area (Å²) in [6, 6.07) is 7.87. The van der Waals surface area contributed by atoms with Gasteiger partial charge in [0.25, 0.3) is 5.91 Å². The number of hydrogen-bond acceptors (Lipinski definition) is 4. The zero-order chi connectivity index (χ0) is 18.4. The third-order valence-electron chi connectivity index (χ3n) is 5.61. The van der Waals surface area contributed by atoms with Crippen LogP contribution in [-0.2, 0) is 11.3 Å². The number of aryl methyl sites for hydroxylation is 1. The summed E-state index contributed by atoms with van der Waals surface area (Å²) in [6.07, 6.45) is 6.22. The van der Waals surface area contributed by atoms with Crippen LogP contribution in [0.15, 0.2) is 41.2 Å². The van der Waals surface area contributed by atoms with Crippen molar-refractivity contribution in [1.29, 1.82) is 0 Å². The van der Waals surface area contributed by atoms with Gasteiger partial charge in [0.05, 0.1) is 31.2 Å². The second kappa shape index (κ2) is 6.53. The Morgan fingerprint density at radius 1 is 1.30 bits per heavy atom. The molecule has 1 aliphatic carbocycles. The van der Waals surface area contributed by atoms with Gasteiger partial charge in [-0.15, -0.1) is 0 Å². The lowest BCUT2D eigenvalue weighted by Crippen LogP contribution is -2.42. The van der Waals surface area contributed by atoms with E-state index in [0.717, 1.165) is 34.8 Å². The highest BCUT2D eigenvalue weighted by atomic mass is 16.5. The summed E-state index contributed by atoms with van der Waals surface area (Å²) in [5.41, 5.74) is 2.68. The molecule has 1 aliphatic heterocycles. The molecule has 3 heterocycles. The summed E-state index contributed by atoms with van der Waals surface area (Å²) in [5, 5.41) is 0.993. The van der Waals surface area contributed by atoms with Gasteiger partial charge in [0.1, 0.15) is 5.58 Å². The van der Waals surface area contributed by atoms with Crippen molar-refractivity contribution in [2.75, 3.05) is 19.8 Å². The van der Waals surface area contributed by atoms with Crippen LogP contribution < -0.4 is 0 Å². The summed E-state index contributed by atoms with van der Waals surface area (Å²) >= 11 is 0. The van der Waals surface area contributed by atoms with Gasteiger partial charge in [-0.3, -0.25) is 4.79 Å². The van der Waals surface area contributed by atoms with Crippen LogP contribution in [0.5, 0.6) is 0 Å². The van der Waals surface area contributed by atoms with E-state index in [9.17, 15) is 4.79 Å². The minimum Gasteiger partial charge on any atom is -0.451 e. The smallest absolute Gasteiger partial charge is 0.290 e. The average molecular weight is 365 g/mol. The van der Waals surface area contributed by atoms with Crippen molar-refractivity contribution >= 4 is 16.9 Å². The fourth-order valence-electron chi connectivity index (χ4n) is 3.85. The number of carbonyl (C=O) groups is 1. The lowest BCUT2D eigenvalue weighted by Gasteiger charge is -2.34. The molecule has 27 heavy (non-hydrogen) atoms. The number of fused-ring (bicyclic) bond motifs is 2. The van der Waals surface area contributed by atoms with Crippen molar-refractivity contribution in [3.05, 3.63) is 53.8 Å². The number of hydrogen-bond donors (Lipinski definition) is 0. The number of benzene rings is 1. The molecular formula is C21H23N3O3. The molecule has 3 aromatic rings. The van der Waals surface area contributed by atoms with Crippen LogP contribution in [0.3, 0.4) is 0 Å². The van der Waals surface area contributed by atoms with Gasteiger partial charge in [-0.25, -0.2) is 4.98 Å². The molecule has 0 unspecified atom stereocenters. The Morgan fingerprint density at radius 2 is 2.15 bits per heavy atom. The molecule has 0 radical (unpaired) electrons. The van der Waals surface area contributed by atoms with Crippen molar-refractivity contribution < 1.29 is 13.9 Å². The summed E-state index contributed by atoms with van der Waals surface area (Å²) < 4.78 is 14.0. The number of furan rings is 1. The molecule has 5 rings (SSSR count). The zero-order valence-electron chi connectivity index (χ0n) is 15.4. The van der Waals surface area contributed by atoms with Gasteiger partial charge in [-0.1, -0.05) is 18.2 Å². The Labute approximate surface area is 157 Å². The molecule has 0 spiro atoms. The predicted molar refractivity (Wildman–Crippen MR) is 100 cm³/mol. The maximum absolute atomic E-state index is 13.2. The van der Waals surface area contributed by atoms with Gasteiger partial charge in [0.2, 0.25) is 0 Å². The first kappa shape index (κ1) is 16.6. The number of nitrogens with zero attached hydrogens (tertiary/aromatic N) is 3. The van der Waals surface area contributed by atoms with Gasteiger partial charge in [0, 0.05) is 30.3 Å². The zero-order valence-corrected chi connectivity index (χ0v) is 15.4. The van der Waals surface area contributed by atoms with E-state index in [1.807, 2.05) is 48.6 Å². The summed E-state index contributed by atoms with van der Waals surface area (Å²) in [7, 11) is 0. The Kier molecular flexibility index (Phi) is 4.01. The quantitative estimate of drug-likeness (QED) is 0.694. The summed E-state index contributed by atoms with van der Waals surface area (Å²) in [5.74, 6) is 1.09. The fraction of sp³-hybridized carbons (Fsp3) is 0.429. The van der Waals surface area contributed by atoms with Crippen LogP contribution in [0.4, 0.5) is 0 Å². The largest absolute Gasteiger partial charge is 0.451 e. The lowest BCUT2D eigenvalue weighted by atomic mass is 10.1. The third kappa shape index (κ3) is 3.04. The van der Waals surface area contributed by atoms with Gasteiger partial charge in [-0.05, 0) is 31.7 Å². The molecule has 1 saturated carbocycles. The molecule has 2 aromatic heterocycles. The van der Waals surface area contributed by atoms with Crippen molar-refractivity contribution in [2.45, 2.75) is 32.4 Å². The average Bonchev–Trinajstić information content (AvgIpc) is 3.27. The predicted octanol–water partition coefficient (Wildman–Crippen LogP) is 3.56. The van der Waals surface area contributed by atoms with Crippen molar-refractivity contribution in [3.63, 3.8) is 0 Å². The highest BCUT2D eigenvalue weighted by molar-refractivity contribution is 5.98.